The number of rotatable bonds is 13. The van der Waals surface area contributed by atoms with Crippen molar-refractivity contribution in [2.75, 3.05) is 27.3 Å². The first kappa shape index (κ1) is 27.3. The second kappa shape index (κ2) is 13.7. The lowest BCUT2D eigenvalue weighted by Crippen LogP contribution is -2.42. The van der Waals surface area contributed by atoms with Crippen LogP contribution < -0.4 is 10.6 Å². The monoisotopic (exact) mass is 484 g/mol. The number of unbranched alkanes of at least 4 members (excludes halogenated alkanes) is 1. The molecule has 0 spiro atoms. The fourth-order valence-corrected chi connectivity index (χ4v) is 5.26. The van der Waals surface area contributed by atoms with Crippen LogP contribution in [0, 0.1) is 11.7 Å². The fraction of sp³-hybridized carbons (Fsp3) is 0.552. The van der Waals surface area contributed by atoms with Gasteiger partial charge in [-0.3, -0.25) is 4.79 Å². The largest absolute Gasteiger partial charge is 0.385 e. The first-order chi connectivity index (χ1) is 17.0. The SMILES string of the molecule is CNC[C@H](CC1CCCCC1)NC(=O)c1cccc(C(O)(CCCCOC)c2ccc(F)cc2)c1. The van der Waals surface area contributed by atoms with E-state index in [0.717, 1.165) is 25.8 Å². The third-order valence-electron chi connectivity index (χ3n) is 7.19. The minimum absolute atomic E-state index is 0.0595. The number of halogens is 1. The van der Waals surface area contributed by atoms with Crippen molar-refractivity contribution in [2.45, 2.75) is 69.4 Å². The summed E-state index contributed by atoms with van der Waals surface area (Å²) in [5.74, 6) is 0.172. The highest BCUT2D eigenvalue weighted by molar-refractivity contribution is 5.94. The molecule has 6 heteroatoms. The van der Waals surface area contributed by atoms with E-state index < -0.39 is 5.60 Å². The molecular formula is C29H41FN2O3. The molecular weight excluding hydrogens is 443 g/mol. The highest BCUT2D eigenvalue weighted by Gasteiger charge is 2.32. The molecule has 1 fully saturated rings. The van der Waals surface area contributed by atoms with Crippen LogP contribution in [-0.4, -0.2) is 44.4 Å². The van der Waals surface area contributed by atoms with Crippen LogP contribution in [0.2, 0.25) is 0 Å². The molecule has 1 unspecified atom stereocenters. The van der Waals surface area contributed by atoms with Gasteiger partial charge in [0.2, 0.25) is 0 Å². The van der Waals surface area contributed by atoms with Crippen molar-refractivity contribution < 1.29 is 19.0 Å². The summed E-state index contributed by atoms with van der Waals surface area (Å²) in [5, 5.41) is 18.3. The van der Waals surface area contributed by atoms with Gasteiger partial charge in [0, 0.05) is 31.9 Å². The number of nitrogens with one attached hydrogen (secondary N) is 2. The van der Waals surface area contributed by atoms with Crippen LogP contribution in [0.1, 0.15) is 79.3 Å². The molecule has 1 saturated carbocycles. The molecule has 192 valence electrons. The number of carbonyl (C=O) groups excluding carboxylic acids is 1. The summed E-state index contributed by atoms with van der Waals surface area (Å²) in [6.45, 7) is 1.33. The van der Waals surface area contributed by atoms with Gasteiger partial charge in [-0.2, -0.15) is 0 Å². The van der Waals surface area contributed by atoms with Gasteiger partial charge in [0.1, 0.15) is 11.4 Å². The van der Waals surface area contributed by atoms with Gasteiger partial charge >= 0.3 is 0 Å². The molecule has 0 aromatic heterocycles. The Bertz CT molecular complexity index is 914. The molecule has 35 heavy (non-hydrogen) atoms. The molecule has 1 aliphatic rings. The van der Waals surface area contributed by atoms with Crippen LogP contribution in [0.15, 0.2) is 48.5 Å². The Labute approximate surface area is 209 Å². The summed E-state index contributed by atoms with van der Waals surface area (Å²) in [6.07, 6.45) is 9.28. The number of aliphatic hydroxyl groups is 1. The quantitative estimate of drug-likeness (QED) is 0.343. The van der Waals surface area contributed by atoms with Crippen molar-refractivity contribution in [1.82, 2.24) is 10.6 Å². The predicted molar refractivity (Wildman–Crippen MR) is 138 cm³/mol. The van der Waals surface area contributed by atoms with Crippen molar-refractivity contribution in [2.24, 2.45) is 5.92 Å². The zero-order valence-electron chi connectivity index (χ0n) is 21.2. The second-order valence-electron chi connectivity index (χ2n) is 9.87. The predicted octanol–water partition coefficient (Wildman–Crippen LogP) is 5.17. The Morgan fingerprint density at radius 3 is 2.54 bits per heavy atom. The van der Waals surface area contributed by atoms with Gasteiger partial charge in [-0.1, -0.05) is 56.4 Å². The van der Waals surface area contributed by atoms with Crippen LogP contribution >= 0.6 is 0 Å². The van der Waals surface area contributed by atoms with Gasteiger partial charge < -0.3 is 20.5 Å². The zero-order valence-corrected chi connectivity index (χ0v) is 21.2. The first-order valence-corrected chi connectivity index (χ1v) is 13.0. The molecule has 0 radical (unpaired) electrons. The van der Waals surface area contributed by atoms with Crippen molar-refractivity contribution in [3.8, 4) is 0 Å². The van der Waals surface area contributed by atoms with E-state index in [4.69, 9.17) is 4.74 Å². The molecule has 1 aliphatic carbocycles. The minimum Gasteiger partial charge on any atom is -0.385 e. The van der Waals surface area contributed by atoms with E-state index >= 15 is 0 Å². The molecule has 5 nitrogen and oxygen atoms in total. The van der Waals surface area contributed by atoms with Crippen molar-refractivity contribution in [3.63, 3.8) is 0 Å². The molecule has 0 bridgehead atoms. The Morgan fingerprint density at radius 2 is 1.86 bits per heavy atom. The van der Waals surface area contributed by atoms with E-state index in [1.54, 1.807) is 31.4 Å². The van der Waals surface area contributed by atoms with E-state index in [2.05, 4.69) is 10.6 Å². The molecule has 0 saturated heterocycles. The fourth-order valence-electron chi connectivity index (χ4n) is 5.26. The van der Waals surface area contributed by atoms with Crippen LogP contribution in [0.25, 0.3) is 0 Å². The molecule has 2 aromatic carbocycles. The van der Waals surface area contributed by atoms with Gasteiger partial charge in [-0.15, -0.1) is 0 Å². The third kappa shape index (κ3) is 7.86. The lowest BCUT2D eigenvalue weighted by Gasteiger charge is -2.30. The average molecular weight is 485 g/mol. The van der Waals surface area contributed by atoms with Crippen molar-refractivity contribution in [3.05, 3.63) is 71.0 Å². The summed E-state index contributed by atoms with van der Waals surface area (Å²) < 4.78 is 18.8. The summed E-state index contributed by atoms with van der Waals surface area (Å²) in [4.78, 5) is 13.2. The Balaban J connectivity index is 1.79. The highest BCUT2D eigenvalue weighted by atomic mass is 19.1. The number of hydrogen-bond acceptors (Lipinski definition) is 4. The Kier molecular flexibility index (Phi) is 10.7. The number of methoxy groups -OCH3 is 1. The minimum atomic E-state index is -1.33. The number of carbonyl (C=O) groups is 1. The lowest BCUT2D eigenvalue weighted by molar-refractivity contribution is 0.0649. The van der Waals surface area contributed by atoms with Gasteiger partial charge in [0.15, 0.2) is 0 Å². The maximum Gasteiger partial charge on any atom is 0.251 e. The first-order valence-electron chi connectivity index (χ1n) is 13.0. The maximum atomic E-state index is 13.6. The average Bonchev–Trinajstić information content (AvgIpc) is 2.87. The molecule has 0 heterocycles. The van der Waals surface area contributed by atoms with Crippen LogP contribution in [-0.2, 0) is 10.3 Å². The number of amides is 1. The van der Waals surface area contributed by atoms with Gasteiger partial charge in [0.05, 0.1) is 0 Å². The highest BCUT2D eigenvalue weighted by Crippen LogP contribution is 2.35. The number of ether oxygens (including phenoxy) is 1. The van der Waals surface area contributed by atoms with Crippen LogP contribution in [0.3, 0.4) is 0 Å². The van der Waals surface area contributed by atoms with Crippen LogP contribution in [0.4, 0.5) is 4.39 Å². The molecule has 3 N–H and O–H groups in total. The summed E-state index contributed by atoms with van der Waals surface area (Å²) in [5.41, 5.74) is 0.431. The molecule has 2 aromatic rings. The van der Waals surface area contributed by atoms with Gasteiger partial charge in [-0.25, -0.2) is 4.39 Å². The maximum absolute atomic E-state index is 13.6. The van der Waals surface area contributed by atoms with Gasteiger partial charge in [-0.05, 0) is 74.0 Å². The summed E-state index contributed by atoms with van der Waals surface area (Å²) >= 11 is 0. The van der Waals surface area contributed by atoms with Crippen molar-refractivity contribution >= 4 is 5.91 Å². The number of benzene rings is 2. The molecule has 1 amide bonds. The van der Waals surface area contributed by atoms with E-state index in [-0.39, 0.29) is 17.8 Å². The standard InChI is InChI=1S/C29H41FN2O3/c1-31-21-27(19-22-9-4-3-5-10-22)32-28(33)23-11-8-12-25(20-23)29(34,17-6-7-18-35-2)24-13-15-26(30)16-14-24/h8,11-16,20,22,27,31,34H,3-7,9-10,17-19,21H2,1-2H3,(H,32,33)/t27-,29?/m0/s1. The number of hydrogen-bond donors (Lipinski definition) is 3. The van der Waals surface area contributed by atoms with E-state index in [9.17, 15) is 14.3 Å². The third-order valence-corrected chi connectivity index (χ3v) is 7.19. The van der Waals surface area contributed by atoms with E-state index in [1.807, 2.05) is 19.2 Å². The smallest absolute Gasteiger partial charge is 0.251 e. The molecule has 0 aliphatic heterocycles. The summed E-state index contributed by atoms with van der Waals surface area (Å²) in [7, 11) is 3.57. The van der Waals surface area contributed by atoms with Crippen molar-refractivity contribution in [1.29, 1.82) is 0 Å². The zero-order chi connectivity index (χ0) is 25.1. The van der Waals surface area contributed by atoms with E-state index in [1.165, 1.54) is 44.2 Å². The van der Waals surface area contributed by atoms with E-state index in [0.29, 0.717) is 35.6 Å². The molecule has 3 rings (SSSR count). The molecule has 2 atom stereocenters. The second-order valence-corrected chi connectivity index (χ2v) is 9.87. The van der Waals surface area contributed by atoms with Gasteiger partial charge in [0.25, 0.3) is 5.91 Å². The normalized spacial score (nSPS) is 17.0. The topological polar surface area (TPSA) is 70.6 Å². The lowest BCUT2D eigenvalue weighted by atomic mass is 9.81. The van der Waals surface area contributed by atoms with Crippen LogP contribution in [0.5, 0.6) is 0 Å². The Hall–Kier alpha value is -2.28. The Morgan fingerprint density at radius 1 is 1.11 bits per heavy atom. The number of likely N-dealkylation sites (N-methyl/N-ethyl adjacent to an activating group) is 1. The summed E-state index contributed by atoms with van der Waals surface area (Å²) in [6, 6.07) is 13.2.